The van der Waals surface area contributed by atoms with Gasteiger partial charge in [0.05, 0.1) is 12.0 Å². The topological polar surface area (TPSA) is 65.5 Å². The molecule has 1 aromatic carbocycles. The Kier molecular flexibility index (Phi) is 6.85. The highest BCUT2D eigenvalue weighted by Crippen LogP contribution is 2.28. The van der Waals surface area contributed by atoms with E-state index in [2.05, 4.69) is 21.3 Å². The molecule has 1 aromatic heterocycles. The van der Waals surface area contributed by atoms with Gasteiger partial charge >= 0.3 is 0 Å². The van der Waals surface area contributed by atoms with Gasteiger partial charge in [-0.25, -0.2) is 4.98 Å². The minimum atomic E-state index is -0.303. The molecule has 6 nitrogen and oxygen atoms in total. The van der Waals surface area contributed by atoms with Crippen LogP contribution in [0, 0.1) is 5.92 Å². The van der Waals surface area contributed by atoms with E-state index in [-0.39, 0.29) is 30.2 Å². The molecule has 2 aliphatic heterocycles. The molecular formula is C25H32N4O2. The number of rotatable bonds is 6. The summed E-state index contributed by atoms with van der Waals surface area (Å²) in [7, 11) is 0. The maximum Gasteiger partial charge on any atom is 0.225 e. The summed E-state index contributed by atoms with van der Waals surface area (Å²) in [6.45, 7) is 5.05. The first-order valence-electron chi connectivity index (χ1n) is 11.4. The fourth-order valence-corrected chi connectivity index (χ4v) is 4.53. The minimum Gasteiger partial charge on any atom is -0.357 e. The number of pyridine rings is 1. The molecule has 0 spiro atoms. The smallest absolute Gasteiger partial charge is 0.225 e. The lowest BCUT2D eigenvalue weighted by Gasteiger charge is -2.25. The number of hydrogen-bond acceptors (Lipinski definition) is 4. The van der Waals surface area contributed by atoms with Crippen LogP contribution in [0.2, 0.25) is 0 Å². The summed E-state index contributed by atoms with van der Waals surface area (Å²) in [5, 5.41) is 3.00. The zero-order valence-electron chi connectivity index (χ0n) is 18.3. The fraction of sp³-hybridized carbons (Fsp3) is 0.480. The highest BCUT2D eigenvalue weighted by molar-refractivity contribution is 5.89. The second kappa shape index (κ2) is 9.94. The van der Waals surface area contributed by atoms with Gasteiger partial charge in [-0.1, -0.05) is 49.2 Å². The highest BCUT2D eigenvalue weighted by atomic mass is 16.2. The zero-order chi connectivity index (χ0) is 21.6. The second-order valence-electron chi connectivity index (χ2n) is 8.68. The van der Waals surface area contributed by atoms with Gasteiger partial charge in [-0.2, -0.15) is 0 Å². The number of anilines is 1. The molecular weight excluding hydrogens is 388 g/mol. The van der Waals surface area contributed by atoms with Crippen molar-refractivity contribution in [1.29, 1.82) is 0 Å². The van der Waals surface area contributed by atoms with Crippen molar-refractivity contribution < 1.29 is 9.59 Å². The minimum absolute atomic E-state index is 0.0257. The number of likely N-dealkylation sites (tertiary alicyclic amines) is 1. The third-order valence-corrected chi connectivity index (χ3v) is 6.48. The van der Waals surface area contributed by atoms with Crippen molar-refractivity contribution in [3.63, 3.8) is 0 Å². The van der Waals surface area contributed by atoms with Crippen molar-refractivity contribution in [3.8, 4) is 0 Å². The van der Waals surface area contributed by atoms with E-state index in [1.54, 1.807) is 0 Å². The molecule has 2 atom stereocenters. The van der Waals surface area contributed by atoms with E-state index in [4.69, 9.17) is 0 Å². The number of hydrogen-bond donors (Lipinski definition) is 1. The molecule has 2 aliphatic rings. The Labute approximate surface area is 184 Å². The predicted octanol–water partition coefficient (Wildman–Crippen LogP) is 3.69. The van der Waals surface area contributed by atoms with Crippen LogP contribution in [0.15, 0.2) is 48.7 Å². The molecule has 164 valence electrons. The SMILES string of the molecule is C[C@@H](c1ccccc1)N1C[C@@H](C(=O)NCc2ccc(N3CCCCCC3)nc2)CC1=O. The first-order chi connectivity index (χ1) is 15.1. The van der Waals surface area contributed by atoms with Crippen LogP contribution in [-0.2, 0) is 16.1 Å². The predicted molar refractivity (Wildman–Crippen MR) is 121 cm³/mol. The number of carbonyl (C=O) groups is 2. The molecule has 0 bridgehead atoms. The van der Waals surface area contributed by atoms with Crippen LogP contribution in [-0.4, -0.2) is 41.3 Å². The summed E-state index contributed by atoms with van der Waals surface area (Å²) in [5.74, 6) is 0.694. The fourth-order valence-electron chi connectivity index (χ4n) is 4.53. The summed E-state index contributed by atoms with van der Waals surface area (Å²) in [6, 6.07) is 14.0. The van der Waals surface area contributed by atoms with E-state index in [0.29, 0.717) is 13.1 Å². The van der Waals surface area contributed by atoms with Crippen LogP contribution in [0.1, 0.15) is 56.2 Å². The Morgan fingerprint density at radius 3 is 2.52 bits per heavy atom. The summed E-state index contributed by atoms with van der Waals surface area (Å²) < 4.78 is 0. The van der Waals surface area contributed by atoms with Gasteiger partial charge in [-0.15, -0.1) is 0 Å². The first-order valence-corrected chi connectivity index (χ1v) is 11.4. The molecule has 3 heterocycles. The normalized spacial score (nSPS) is 20.4. The van der Waals surface area contributed by atoms with E-state index < -0.39 is 0 Å². The quantitative estimate of drug-likeness (QED) is 0.774. The molecule has 0 radical (unpaired) electrons. The van der Waals surface area contributed by atoms with E-state index in [1.165, 1.54) is 25.7 Å². The molecule has 0 unspecified atom stereocenters. The van der Waals surface area contributed by atoms with E-state index in [1.807, 2.05) is 54.4 Å². The molecule has 2 fully saturated rings. The maximum atomic E-state index is 12.7. The average Bonchev–Trinajstić information content (AvgIpc) is 3.00. The van der Waals surface area contributed by atoms with Gasteiger partial charge < -0.3 is 15.1 Å². The number of benzene rings is 1. The van der Waals surface area contributed by atoms with Gasteiger partial charge in [0.2, 0.25) is 11.8 Å². The Balaban J connectivity index is 1.29. The summed E-state index contributed by atoms with van der Waals surface area (Å²) in [5.41, 5.74) is 2.07. The number of nitrogens with one attached hydrogen (secondary N) is 1. The summed E-state index contributed by atoms with van der Waals surface area (Å²) >= 11 is 0. The molecule has 31 heavy (non-hydrogen) atoms. The highest BCUT2D eigenvalue weighted by Gasteiger charge is 2.36. The van der Waals surface area contributed by atoms with Crippen molar-refractivity contribution in [2.75, 3.05) is 24.5 Å². The van der Waals surface area contributed by atoms with Crippen LogP contribution < -0.4 is 10.2 Å². The van der Waals surface area contributed by atoms with Crippen molar-refractivity contribution in [1.82, 2.24) is 15.2 Å². The monoisotopic (exact) mass is 420 g/mol. The third kappa shape index (κ3) is 5.24. The summed E-state index contributed by atoms with van der Waals surface area (Å²) in [4.78, 5) is 34.0. The maximum absolute atomic E-state index is 12.7. The molecule has 0 saturated carbocycles. The standard InChI is InChI=1S/C25H32N4O2/c1-19(21-9-5-4-6-10-21)29-18-22(15-24(29)30)25(31)27-17-20-11-12-23(26-16-20)28-13-7-2-3-8-14-28/h4-6,9-12,16,19,22H,2-3,7-8,13-15,17-18H2,1H3,(H,27,31)/t19-,22-/m0/s1. The van der Waals surface area contributed by atoms with Crippen molar-refractivity contribution in [3.05, 3.63) is 59.8 Å². The molecule has 2 aromatic rings. The van der Waals surface area contributed by atoms with Crippen molar-refractivity contribution >= 4 is 17.6 Å². The van der Waals surface area contributed by atoms with Crippen molar-refractivity contribution in [2.24, 2.45) is 5.92 Å². The third-order valence-electron chi connectivity index (χ3n) is 6.48. The Morgan fingerprint density at radius 1 is 1.10 bits per heavy atom. The lowest BCUT2D eigenvalue weighted by molar-refractivity contribution is -0.130. The Hall–Kier alpha value is -2.89. The number of amides is 2. The zero-order valence-corrected chi connectivity index (χ0v) is 18.3. The van der Waals surface area contributed by atoms with Crippen LogP contribution in [0.3, 0.4) is 0 Å². The lowest BCUT2D eigenvalue weighted by atomic mass is 10.1. The molecule has 2 saturated heterocycles. The van der Waals surface area contributed by atoms with Crippen molar-refractivity contribution in [2.45, 2.75) is 51.6 Å². The van der Waals surface area contributed by atoms with Gasteiger partial charge in [-0.05, 0) is 37.0 Å². The molecule has 1 N–H and O–H groups in total. The first kappa shape index (κ1) is 21.3. The number of carbonyl (C=O) groups excluding carboxylic acids is 2. The van der Waals surface area contributed by atoms with Gasteiger partial charge in [0.15, 0.2) is 0 Å². The summed E-state index contributed by atoms with van der Waals surface area (Å²) in [6.07, 6.45) is 7.16. The largest absolute Gasteiger partial charge is 0.357 e. The molecule has 4 rings (SSSR count). The average molecular weight is 421 g/mol. The van der Waals surface area contributed by atoms with Crippen LogP contribution in [0.4, 0.5) is 5.82 Å². The Morgan fingerprint density at radius 2 is 1.84 bits per heavy atom. The van der Waals surface area contributed by atoms with Gasteiger partial charge in [0.1, 0.15) is 5.82 Å². The van der Waals surface area contributed by atoms with Gasteiger partial charge in [0.25, 0.3) is 0 Å². The number of aromatic nitrogens is 1. The molecule has 2 amide bonds. The lowest BCUT2D eigenvalue weighted by Crippen LogP contribution is -2.33. The van der Waals surface area contributed by atoms with E-state index >= 15 is 0 Å². The van der Waals surface area contributed by atoms with E-state index in [0.717, 1.165) is 30.0 Å². The number of nitrogens with zero attached hydrogens (tertiary/aromatic N) is 3. The van der Waals surface area contributed by atoms with Crippen LogP contribution in [0.25, 0.3) is 0 Å². The van der Waals surface area contributed by atoms with Gasteiger partial charge in [-0.3, -0.25) is 9.59 Å². The molecule has 0 aliphatic carbocycles. The van der Waals surface area contributed by atoms with Gasteiger partial charge in [0, 0.05) is 38.8 Å². The molecule has 6 heteroatoms. The Bertz CT molecular complexity index is 876. The van der Waals surface area contributed by atoms with Crippen LogP contribution in [0.5, 0.6) is 0 Å². The van der Waals surface area contributed by atoms with E-state index in [9.17, 15) is 9.59 Å². The van der Waals surface area contributed by atoms with Crippen LogP contribution >= 0.6 is 0 Å². The second-order valence-corrected chi connectivity index (χ2v) is 8.68.